The highest BCUT2D eigenvalue weighted by Crippen LogP contribution is 2.40. The van der Waals surface area contributed by atoms with Crippen LogP contribution in [0.5, 0.6) is 28.7 Å². The van der Waals surface area contributed by atoms with E-state index in [1.807, 2.05) is 30.3 Å². The van der Waals surface area contributed by atoms with Gasteiger partial charge in [0.2, 0.25) is 5.75 Å². The second-order valence-corrected chi connectivity index (χ2v) is 6.77. The van der Waals surface area contributed by atoms with Crippen LogP contribution < -0.4 is 24.3 Å². The van der Waals surface area contributed by atoms with Crippen LogP contribution in [0.2, 0.25) is 0 Å². The number of hydrogen-bond acceptors (Lipinski definition) is 7. The van der Waals surface area contributed by atoms with Gasteiger partial charge in [-0.05, 0) is 48.5 Å². The van der Waals surface area contributed by atoms with Crippen molar-refractivity contribution in [1.82, 2.24) is 0 Å². The van der Waals surface area contributed by atoms with Gasteiger partial charge in [0.05, 0.1) is 12.7 Å². The van der Waals surface area contributed by atoms with Crippen molar-refractivity contribution in [2.45, 2.75) is 0 Å². The van der Waals surface area contributed by atoms with Crippen LogP contribution in [-0.4, -0.2) is 38.8 Å². The molecule has 0 atom stereocenters. The van der Waals surface area contributed by atoms with Crippen LogP contribution in [0.1, 0.15) is 10.4 Å². The first-order chi connectivity index (χ1) is 15.6. The monoisotopic (exact) mass is 435 g/mol. The fourth-order valence-corrected chi connectivity index (χ4v) is 3.03. The molecule has 0 aliphatic carbocycles. The summed E-state index contributed by atoms with van der Waals surface area (Å²) in [5, 5.41) is 2.67. The minimum absolute atomic E-state index is 0.196. The summed E-state index contributed by atoms with van der Waals surface area (Å²) < 4.78 is 27.1. The number of benzene rings is 3. The minimum Gasteiger partial charge on any atom is -0.493 e. The molecule has 1 aliphatic rings. The average molecular weight is 435 g/mol. The number of esters is 1. The third kappa shape index (κ3) is 5.10. The molecule has 0 unspecified atom stereocenters. The number of carbonyl (C=O) groups excluding carboxylic acids is 2. The Morgan fingerprint density at radius 2 is 1.66 bits per heavy atom. The summed E-state index contributed by atoms with van der Waals surface area (Å²) in [7, 11) is 1.46. The summed E-state index contributed by atoms with van der Waals surface area (Å²) in [5.41, 5.74) is 0.744. The van der Waals surface area contributed by atoms with Crippen molar-refractivity contribution in [3.8, 4) is 28.7 Å². The van der Waals surface area contributed by atoms with Crippen molar-refractivity contribution in [1.29, 1.82) is 0 Å². The smallest absolute Gasteiger partial charge is 0.338 e. The lowest BCUT2D eigenvalue weighted by atomic mass is 10.1. The molecule has 0 spiro atoms. The molecule has 0 aromatic heterocycles. The van der Waals surface area contributed by atoms with Crippen molar-refractivity contribution < 1.29 is 33.3 Å². The molecule has 8 nitrogen and oxygen atoms in total. The van der Waals surface area contributed by atoms with E-state index in [1.165, 1.54) is 19.2 Å². The normalized spacial score (nSPS) is 11.9. The van der Waals surface area contributed by atoms with Crippen molar-refractivity contribution in [3.05, 3.63) is 72.3 Å². The first-order valence-electron chi connectivity index (χ1n) is 9.90. The van der Waals surface area contributed by atoms with Crippen LogP contribution in [0.25, 0.3) is 0 Å². The van der Waals surface area contributed by atoms with Crippen LogP contribution in [-0.2, 0) is 9.53 Å². The van der Waals surface area contributed by atoms with Crippen LogP contribution in [0.4, 0.5) is 5.69 Å². The SMILES string of the molecule is COc1cc(C(=O)OCC(=O)Nc2ccc(Oc3ccccc3)cc2)cc2c1OCCO2. The number of fused-ring (bicyclic) bond motifs is 1. The third-order valence-corrected chi connectivity index (χ3v) is 4.52. The van der Waals surface area contributed by atoms with Crippen molar-refractivity contribution >= 4 is 17.6 Å². The fourth-order valence-electron chi connectivity index (χ4n) is 3.03. The van der Waals surface area contributed by atoms with E-state index in [1.54, 1.807) is 24.3 Å². The predicted octanol–water partition coefficient (Wildman–Crippen LogP) is 4.05. The van der Waals surface area contributed by atoms with Crippen molar-refractivity contribution in [2.75, 3.05) is 32.2 Å². The van der Waals surface area contributed by atoms with Gasteiger partial charge in [-0.2, -0.15) is 0 Å². The number of methoxy groups -OCH3 is 1. The minimum atomic E-state index is -0.679. The van der Waals surface area contributed by atoms with Crippen molar-refractivity contribution in [2.24, 2.45) is 0 Å². The van der Waals surface area contributed by atoms with E-state index in [2.05, 4.69) is 5.32 Å². The zero-order chi connectivity index (χ0) is 22.3. The molecule has 1 heterocycles. The number of ether oxygens (including phenoxy) is 5. The Morgan fingerprint density at radius 1 is 0.938 bits per heavy atom. The number of para-hydroxylation sites is 1. The maximum atomic E-state index is 12.4. The van der Waals surface area contributed by atoms with Crippen molar-refractivity contribution in [3.63, 3.8) is 0 Å². The summed E-state index contributed by atoms with van der Waals surface area (Å²) in [6.45, 7) is 0.316. The molecule has 0 fully saturated rings. The van der Waals surface area contributed by atoms with E-state index in [4.69, 9.17) is 23.7 Å². The summed E-state index contributed by atoms with van der Waals surface area (Å²) in [6, 6.07) is 19.2. The number of carbonyl (C=O) groups is 2. The highest BCUT2D eigenvalue weighted by atomic mass is 16.6. The van der Waals surface area contributed by atoms with Crippen LogP contribution in [0, 0.1) is 0 Å². The van der Waals surface area contributed by atoms with E-state index in [0.717, 1.165) is 0 Å². The largest absolute Gasteiger partial charge is 0.493 e. The molecule has 0 saturated heterocycles. The molecule has 0 radical (unpaired) electrons. The second kappa shape index (κ2) is 9.74. The molecular formula is C24H21NO7. The van der Waals surface area contributed by atoms with Gasteiger partial charge >= 0.3 is 5.97 Å². The predicted molar refractivity (Wildman–Crippen MR) is 116 cm³/mol. The zero-order valence-corrected chi connectivity index (χ0v) is 17.3. The molecule has 1 N–H and O–H groups in total. The molecule has 3 aromatic rings. The molecule has 32 heavy (non-hydrogen) atoms. The van der Waals surface area contributed by atoms with E-state index in [9.17, 15) is 9.59 Å². The standard InChI is InChI=1S/C24H21NO7/c1-28-20-13-16(14-21-23(20)30-12-11-29-21)24(27)31-15-22(26)25-17-7-9-19(10-8-17)32-18-5-3-2-4-6-18/h2-10,13-14H,11-12,15H2,1H3,(H,25,26). The quantitative estimate of drug-likeness (QED) is 0.560. The summed E-state index contributed by atoms with van der Waals surface area (Å²) in [4.78, 5) is 24.6. The van der Waals surface area contributed by atoms with Gasteiger partial charge in [0.1, 0.15) is 24.7 Å². The molecule has 0 saturated carbocycles. The van der Waals surface area contributed by atoms with E-state index < -0.39 is 18.5 Å². The lowest BCUT2D eigenvalue weighted by Crippen LogP contribution is -2.21. The number of nitrogens with one attached hydrogen (secondary N) is 1. The average Bonchev–Trinajstić information content (AvgIpc) is 2.83. The highest BCUT2D eigenvalue weighted by molar-refractivity contribution is 5.96. The Balaban J connectivity index is 1.31. The number of rotatable bonds is 7. The topological polar surface area (TPSA) is 92.3 Å². The van der Waals surface area contributed by atoms with Gasteiger partial charge in [0, 0.05) is 5.69 Å². The van der Waals surface area contributed by atoms with Crippen LogP contribution in [0.15, 0.2) is 66.7 Å². The molecule has 164 valence electrons. The molecule has 1 aliphatic heterocycles. The van der Waals surface area contributed by atoms with Gasteiger partial charge in [0.25, 0.3) is 5.91 Å². The highest BCUT2D eigenvalue weighted by Gasteiger charge is 2.22. The van der Waals surface area contributed by atoms with Crippen LogP contribution in [0.3, 0.4) is 0 Å². The van der Waals surface area contributed by atoms with Crippen LogP contribution >= 0.6 is 0 Å². The fraction of sp³-hybridized carbons (Fsp3) is 0.167. The van der Waals surface area contributed by atoms with Gasteiger partial charge in [-0.1, -0.05) is 18.2 Å². The third-order valence-electron chi connectivity index (χ3n) is 4.52. The Morgan fingerprint density at radius 3 is 2.41 bits per heavy atom. The van der Waals surface area contributed by atoms with Gasteiger partial charge in [-0.15, -0.1) is 0 Å². The Bertz CT molecular complexity index is 1080. The molecule has 1 amide bonds. The molecule has 0 bridgehead atoms. The number of hydrogen-bond donors (Lipinski definition) is 1. The zero-order valence-electron chi connectivity index (χ0n) is 17.3. The van der Waals surface area contributed by atoms with Gasteiger partial charge in [0.15, 0.2) is 18.1 Å². The van der Waals surface area contributed by atoms with E-state index in [-0.39, 0.29) is 5.56 Å². The first kappa shape index (κ1) is 21.0. The summed E-state index contributed by atoms with van der Waals surface area (Å²) in [5.74, 6) is 1.38. The Kier molecular flexibility index (Phi) is 6.41. The molecule has 4 rings (SSSR count). The lowest BCUT2D eigenvalue weighted by molar-refractivity contribution is -0.119. The van der Waals surface area contributed by atoms with Gasteiger partial charge in [-0.3, -0.25) is 4.79 Å². The Hall–Kier alpha value is -4.20. The maximum Gasteiger partial charge on any atom is 0.338 e. The first-order valence-corrected chi connectivity index (χ1v) is 9.90. The molecule has 8 heteroatoms. The number of amides is 1. The molecule has 3 aromatic carbocycles. The maximum absolute atomic E-state index is 12.4. The summed E-state index contributed by atoms with van der Waals surface area (Å²) in [6.07, 6.45) is 0. The summed E-state index contributed by atoms with van der Waals surface area (Å²) >= 11 is 0. The van der Waals surface area contributed by atoms with E-state index in [0.29, 0.717) is 47.6 Å². The van der Waals surface area contributed by atoms with Gasteiger partial charge < -0.3 is 29.0 Å². The Labute approximate surface area is 184 Å². The second-order valence-electron chi connectivity index (χ2n) is 6.77. The van der Waals surface area contributed by atoms with Gasteiger partial charge in [-0.25, -0.2) is 4.79 Å². The lowest BCUT2D eigenvalue weighted by Gasteiger charge is -2.21. The van der Waals surface area contributed by atoms with E-state index >= 15 is 0 Å². The number of anilines is 1. The molecular weight excluding hydrogens is 414 g/mol.